The summed E-state index contributed by atoms with van der Waals surface area (Å²) >= 11 is 0. The molecule has 1 aliphatic carbocycles. The third-order valence-electron chi connectivity index (χ3n) is 5.11. The predicted octanol–water partition coefficient (Wildman–Crippen LogP) is 2.46. The van der Waals surface area contributed by atoms with Crippen molar-refractivity contribution in [1.82, 2.24) is 15.0 Å². The van der Waals surface area contributed by atoms with E-state index >= 15 is 0 Å². The lowest BCUT2D eigenvalue weighted by molar-refractivity contribution is -0.190. The number of nitrogens with zero attached hydrogens (tertiary/aromatic N) is 3. The topological polar surface area (TPSA) is 60.6 Å². The minimum atomic E-state index is -0.381. The molecule has 1 aromatic rings. The van der Waals surface area contributed by atoms with Gasteiger partial charge in [0.1, 0.15) is 0 Å². The summed E-state index contributed by atoms with van der Waals surface area (Å²) < 4.78 is 17.2. The quantitative estimate of drug-likeness (QED) is 0.855. The van der Waals surface area contributed by atoms with Crippen molar-refractivity contribution in [3.05, 3.63) is 11.7 Å². The Kier molecular flexibility index (Phi) is 4.15. The minimum absolute atomic E-state index is 0.381. The Morgan fingerprint density at radius 3 is 2.73 bits per heavy atom. The van der Waals surface area contributed by atoms with E-state index in [1.807, 2.05) is 0 Å². The smallest absolute Gasteiger partial charge is 0.229 e. The Balaban J connectivity index is 1.37. The van der Waals surface area contributed by atoms with Crippen LogP contribution in [0.15, 0.2) is 4.52 Å². The normalized spacial score (nSPS) is 26.7. The standard InChI is InChI=1S/C16H25N3O3/c1-2-5-13(6-3-1)15-17-14(18-22-15)11-19-8-4-7-16(12-19)20-9-10-21-16/h13H,1-12H2. The third kappa shape index (κ3) is 3.05. The highest BCUT2D eigenvalue weighted by atomic mass is 16.7. The van der Waals surface area contributed by atoms with Gasteiger partial charge in [-0.2, -0.15) is 4.98 Å². The molecule has 2 saturated heterocycles. The first kappa shape index (κ1) is 14.6. The molecule has 6 heteroatoms. The summed E-state index contributed by atoms with van der Waals surface area (Å²) in [7, 11) is 0. The van der Waals surface area contributed by atoms with Crippen LogP contribution < -0.4 is 0 Å². The van der Waals surface area contributed by atoms with E-state index in [2.05, 4.69) is 15.0 Å². The van der Waals surface area contributed by atoms with Crippen molar-refractivity contribution in [3.63, 3.8) is 0 Å². The first-order valence-corrected chi connectivity index (χ1v) is 8.66. The molecule has 1 spiro atoms. The molecule has 1 aromatic heterocycles. The van der Waals surface area contributed by atoms with E-state index in [4.69, 9.17) is 14.0 Å². The van der Waals surface area contributed by atoms with Gasteiger partial charge in [-0.3, -0.25) is 4.90 Å². The lowest BCUT2D eigenvalue weighted by Crippen LogP contribution is -2.48. The van der Waals surface area contributed by atoms with Crippen molar-refractivity contribution in [2.24, 2.45) is 0 Å². The average molecular weight is 307 g/mol. The van der Waals surface area contributed by atoms with Gasteiger partial charge in [0.2, 0.25) is 5.89 Å². The fourth-order valence-electron chi connectivity index (χ4n) is 3.99. The van der Waals surface area contributed by atoms with E-state index in [0.717, 1.165) is 44.2 Å². The molecule has 0 atom stereocenters. The molecule has 22 heavy (non-hydrogen) atoms. The van der Waals surface area contributed by atoms with Gasteiger partial charge in [-0.25, -0.2) is 0 Å². The summed E-state index contributed by atoms with van der Waals surface area (Å²) in [4.78, 5) is 6.97. The first-order chi connectivity index (χ1) is 10.8. The molecule has 3 aliphatic rings. The van der Waals surface area contributed by atoms with Gasteiger partial charge in [0, 0.05) is 12.3 Å². The summed E-state index contributed by atoms with van der Waals surface area (Å²) in [5.41, 5.74) is 0. The first-order valence-electron chi connectivity index (χ1n) is 8.66. The molecule has 0 amide bonds. The second-order valence-corrected chi connectivity index (χ2v) is 6.81. The molecule has 1 saturated carbocycles. The van der Waals surface area contributed by atoms with Gasteiger partial charge in [0.15, 0.2) is 11.6 Å². The van der Waals surface area contributed by atoms with Crippen LogP contribution in [0.3, 0.4) is 0 Å². The van der Waals surface area contributed by atoms with Gasteiger partial charge in [0.05, 0.1) is 26.3 Å². The molecule has 0 aromatic carbocycles. The summed E-state index contributed by atoms with van der Waals surface area (Å²) in [6.45, 7) is 4.00. The van der Waals surface area contributed by atoms with Crippen molar-refractivity contribution in [1.29, 1.82) is 0 Å². The maximum atomic E-state index is 5.82. The Morgan fingerprint density at radius 1 is 1.09 bits per heavy atom. The van der Waals surface area contributed by atoms with Crippen molar-refractivity contribution in [2.75, 3.05) is 26.3 Å². The highest BCUT2D eigenvalue weighted by Crippen LogP contribution is 2.32. The molecule has 3 heterocycles. The number of aromatic nitrogens is 2. The number of hydrogen-bond donors (Lipinski definition) is 0. The zero-order valence-electron chi connectivity index (χ0n) is 13.1. The Hall–Kier alpha value is -0.980. The second kappa shape index (κ2) is 6.26. The molecule has 2 aliphatic heterocycles. The van der Waals surface area contributed by atoms with Gasteiger partial charge in [0.25, 0.3) is 0 Å². The SMILES string of the molecule is C1CCC(c2nc(CN3CCCC4(C3)OCCO4)no2)CC1. The van der Waals surface area contributed by atoms with Crippen LogP contribution in [0.2, 0.25) is 0 Å². The van der Waals surface area contributed by atoms with Gasteiger partial charge in [-0.05, 0) is 25.8 Å². The van der Waals surface area contributed by atoms with E-state index in [1.165, 1.54) is 32.1 Å². The van der Waals surface area contributed by atoms with Gasteiger partial charge >= 0.3 is 0 Å². The zero-order chi connectivity index (χ0) is 14.8. The summed E-state index contributed by atoms with van der Waals surface area (Å²) in [6, 6.07) is 0. The fourth-order valence-corrected chi connectivity index (χ4v) is 3.99. The molecule has 0 N–H and O–H groups in total. The predicted molar refractivity (Wildman–Crippen MR) is 79.3 cm³/mol. The molecule has 122 valence electrons. The van der Waals surface area contributed by atoms with Crippen LogP contribution in [0.1, 0.15) is 62.6 Å². The maximum absolute atomic E-state index is 5.82. The lowest BCUT2D eigenvalue weighted by Gasteiger charge is -2.37. The van der Waals surface area contributed by atoms with E-state index in [0.29, 0.717) is 19.1 Å². The van der Waals surface area contributed by atoms with E-state index in [1.54, 1.807) is 0 Å². The van der Waals surface area contributed by atoms with Crippen molar-refractivity contribution >= 4 is 0 Å². The lowest BCUT2D eigenvalue weighted by atomic mass is 9.89. The summed E-state index contributed by atoms with van der Waals surface area (Å²) in [5.74, 6) is 1.74. The highest BCUT2D eigenvalue weighted by molar-refractivity contribution is 4.96. The number of piperidine rings is 1. The number of ether oxygens (including phenoxy) is 2. The Bertz CT molecular complexity index is 493. The molecule has 0 bridgehead atoms. The van der Waals surface area contributed by atoms with Crippen LogP contribution in [-0.4, -0.2) is 47.1 Å². The zero-order valence-corrected chi connectivity index (χ0v) is 13.1. The summed E-state index contributed by atoms with van der Waals surface area (Å²) in [5, 5.41) is 4.19. The number of rotatable bonds is 3. The van der Waals surface area contributed by atoms with Crippen LogP contribution in [0.5, 0.6) is 0 Å². The van der Waals surface area contributed by atoms with E-state index < -0.39 is 0 Å². The van der Waals surface area contributed by atoms with Crippen LogP contribution in [-0.2, 0) is 16.0 Å². The molecular formula is C16H25N3O3. The Labute approximate surface area is 131 Å². The van der Waals surface area contributed by atoms with Crippen molar-refractivity contribution in [2.45, 2.75) is 63.2 Å². The number of likely N-dealkylation sites (tertiary alicyclic amines) is 1. The van der Waals surface area contributed by atoms with E-state index in [9.17, 15) is 0 Å². The van der Waals surface area contributed by atoms with Gasteiger partial charge < -0.3 is 14.0 Å². The third-order valence-corrected chi connectivity index (χ3v) is 5.11. The number of hydrogen-bond acceptors (Lipinski definition) is 6. The molecule has 0 unspecified atom stereocenters. The maximum Gasteiger partial charge on any atom is 0.229 e. The monoisotopic (exact) mass is 307 g/mol. The molecule has 4 rings (SSSR count). The average Bonchev–Trinajstić information content (AvgIpc) is 3.19. The molecule has 6 nitrogen and oxygen atoms in total. The largest absolute Gasteiger partial charge is 0.346 e. The highest BCUT2D eigenvalue weighted by Gasteiger charge is 2.40. The second-order valence-electron chi connectivity index (χ2n) is 6.81. The van der Waals surface area contributed by atoms with Gasteiger partial charge in [-0.15, -0.1) is 0 Å². The van der Waals surface area contributed by atoms with Crippen molar-refractivity contribution < 1.29 is 14.0 Å². The van der Waals surface area contributed by atoms with E-state index in [-0.39, 0.29) is 5.79 Å². The minimum Gasteiger partial charge on any atom is -0.346 e. The summed E-state index contributed by atoms with van der Waals surface area (Å²) in [6.07, 6.45) is 8.37. The Morgan fingerprint density at radius 2 is 1.91 bits per heavy atom. The van der Waals surface area contributed by atoms with Crippen LogP contribution in [0, 0.1) is 0 Å². The van der Waals surface area contributed by atoms with Crippen molar-refractivity contribution in [3.8, 4) is 0 Å². The van der Waals surface area contributed by atoms with Crippen LogP contribution in [0.4, 0.5) is 0 Å². The van der Waals surface area contributed by atoms with Gasteiger partial charge in [-0.1, -0.05) is 24.4 Å². The molecule has 0 radical (unpaired) electrons. The molecule has 3 fully saturated rings. The fraction of sp³-hybridized carbons (Fsp3) is 0.875. The van der Waals surface area contributed by atoms with Crippen LogP contribution >= 0.6 is 0 Å². The van der Waals surface area contributed by atoms with Crippen LogP contribution in [0.25, 0.3) is 0 Å². The molecular weight excluding hydrogens is 282 g/mol.